The smallest absolute Gasteiger partial charge is 0.314 e. The van der Waals surface area contributed by atoms with Crippen molar-refractivity contribution < 1.29 is 14.3 Å². The predicted octanol–water partition coefficient (Wildman–Crippen LogP) is 4.09. The Morgan fingerprint density at radius 2 is 2.06 bits per heavy atom. The summed E-state index contributed by atoms with van der Waals surface area (Å²) in [6.45, 7) is 0. The average molecular weight is 309 g/mol. The molecule has 1 N–H and O–H groups in total. The number of halogens is 1. The second-order valence-corrected chi connectivity index (χ2v) is 5.71. The van der Waals surface area contributed by atoms with Crippen LogP contribution >= 0.6 is 15.9 Å². The van der Waals surface area contributed by atoms with Crippen LogP contribution in [0.4, 0.5) is 0 Å². The molecular weight excluding hydrogens is 296 g/mol. The van der Waals surface area contributed by atoms with Crippen LogP contribution in [0, 0.1) is 0 Å². The zero-order chi connectivity index (χ0) is 12.8. The molecule has 1 aliphatic rings. The lowest BCUT2D eigenvalue weighted by molar-refractivity contribution is -0.143. The van der Waals surface area contributed by atoms with E-state index < -0.39 is 11.4 Å². The molecule has 3 nitrogen and oxygen atoms in total. The summed E-state index contributed by atoms with van der Waals surface area (Å²) in [5.74, 6) is -0.736. The number of carboxylic acid groups (broad SMARTS) is 1. The third kappa shape index (κ3) is 1.52. The van der Waals surface area contributed by atoms with Gasteiger partial charge in [0, 0.05) is 10.9 Å². The quantitative estimate of drug-likeness (QED) is 0.909. The van der Waals surface area contributed by atoms with Crippen molar-refractivity contribution in [2.24, 2.45) is 0 Å². The molecule has 1 heterocycles. The third-order valence-corrected chi connectivity index (χ3v) is 4.55. The first kappa shape index (κ1) is 11.8. The Labute approximate surface area is 113 Å². The number of hydrogen-bond donors (Lipinski definition) is 1. The van der Waals surface area contributed by atoms with Crippen molar-refractivity contribution in [1.29, 1.82) is 0 Å². The van der Waals surface area contributed by atoms with E-state index in [9.17, 15) is 9.90 Å². The Morgan fingerprint density at radius 1 is 1.33 bits per heavy atom. The molecule has 1 aromatic carbocycles. The summed E-state index contributed by atoms with van der Waals surface area (Å²) in [4.78, 5) is 11.7. The third-order valence-electron chi connectivity index (χ3n) is 3.93. The van der Waals surface area contributed by atoms with Gasteiger partial charge in [-0.1, -0.05) is 25.0 Å². The topological polar surface area (TPSA) is 50.4 Å². The predicted molar refractivity (Wildman–Crippen MR) is 71.7 cm³/mol. The minimum Gasteiger partial charge on any atom is -0.481 e. The number of carboxylic acids is 1. The van der Waals surface area contributed by atoms with Crippen LogP contribution in [0.25, 0.3) is 11.0 Å². The van der Waals surface area contributed by atoms with Crippen molar-refractivity contribution in [3.63, 3.8) is 0 Å². The Morgan fingerprint density at radius 3 is 2.72 bits per heavy atom. The van der Waals surface area contributed by atoms with Gasteiger partial charge in [0.25, 0.3) is 0 Å². The normalized spacial score (nSPS) is 18.3. The highest BCUT2D eigenvalue weighted by atomic mass is 79.9. The largest absolute Gasteiger partial charge is 0.481 e. The molecule has 0 amide bonds. The van der Waals surface area contributed by atoms with Crippen LogP contribution in [0.3, 0.4) is 0 Å². The summed E-state index contributed by atoms with van der Waals surface area (Å²) in [6.07, 6.45) is 4.94. The molecule has 1 fully saturated rings. The summed E-state index contributed by atoms with van der Waals surface area (Å²) in [5.41, 5.74) is 0.751. The van der Waals surface area contributed by atoms with Crippen LogP contribution < -0.4 is 0 Å². The SMILES string of the molecule is O=C(O)C1(c2cccc3c(Br)coc23)CCCC1. The number of furan rings is 1. The molecule has 18 heavy (non-hydrogen) atoms. The number of hydrogen-bond acceptors (Lipinski definition) is 2. The molecule has 4 heteroatoms. The molecule has 0 radical (unpaired) electrons. The molecule has 2 aromatic rings. The molecule has 3 rings (SSSR count). The molecule has 1 aliphatic carbocycles. The van der Waals surface area contributed by atoms with E-state index in [0.29, 0.717) is 18.4 Å². The molecule has 1 aromatic heterocycles. The van der Waals surface area contributed by atoms with E-state index >= 15 is 0 Å². The Bertz CT molecular complexity index is 609. The standard InChI is InChI=1S/C14H13BrO3/c15-11-8-18-12-9(11)4-3-5-10(12)14(13(16)17)6-1-2-7-14/h3-5,8H,1-2,6-7H2,(H,16,17). The van der Waals surface area contributed by atoms with Gasteiger partial charge in [-0.2, -0.15) is 0 Å². The second kappa shape index (κ2) is 4.12. The van der Waals surface area contributed by atoms with Gasteiger partial charge in [0.1, 0.15) is 11.8 Å². The van der Waals surface area contributed by atoms with Gasteiger partial charge in [0.2, 0.25) is 0 Å². The second-order valence-electron chi connectivity index (χ2n) is 4.86. The van der Waals surface area contributed by atoms with Crippen LogP contribution in [0.15, 0.2) is 33.4 Å². The van der Waals surface area contributed by atoms with Gasteiger partial charge in [-0.25, -0.2) is 0 Å². The number of carbonyl (C=O) groups is 1. The number of rotatable bonds is 2. The summed E-state index contributed by atoms with van der Waals surface area (Å²) >= 11 is 3.42. The lowest BCUT2D eigenvalue weighted by Crippen LogP contribution is -2.32. The summed E-state index contributed by atoms with van der Waals surface area (Å²) in [6, 6.07) is 5.73. The zero-order valence-electron chi connectivity index (χ0n) is 9.78. The fourth-order valence-corrected chi connectivity index (χ4v) is 3.39. The highest BCUT2D eigenvalue weighted by Crippen LogP contribution is 2.45. The van der Waals surface area contributed by atoms with Crippen LogP contribution in [-0.4, -0.2) is 11.1 Å². The van der Waals surface area contributed by atoms with E-state index in [1.807, 2.05) is 18.2 Å². The van der Waals surface area contributed by atoms with Crippen molar-refractivity contribution in [3.8, 4) is 0 Å². The molecule has 0 bridgehead atoms. The highest BCUT2D eigenvalue weighted by Gasteiger charge is 2.44. The first-order valence-corrected chi connectivity index (χ1v) is 6.84. The molecule has 0 saturated heterocycles. The fraction of sp³-hybridized carbons (Fsp3) is 0.357. The highest BCUT2D eigenvalue weighted by molar-refractivity contribution is 9.10. The van der Waals surface area contributed by atoms with Gasteiger partial charge in [-0.3, -0.25) is 4.79 Å². The Hall–Kier alpha value is -1.29. The van der Waals surface area contributed by atoms with Gasteiger partial charge >= 0.3 is 5.97 Å². The maximum absolute atomic E-state index is 11.7. The van der Waals surface area contributed by atoms with E-state index in [2.05, 4.69) is 15.9 Å². The maximum Gasteiger partial charge on any atom is 0.314 e. The number of benzene rings is 1. The van der Waals surface area contributed by atoms with E-state index in [-0.39, 0.29) is 0 Å². The van der Waals surface area contributed by atoms with Gasteiger partial charge in [0.15, 0.2) is 0 Å². The fourth-order valence-electron chi connectivity index (χ4n) is 2.98. The van der Waals surface area contributed by atoms with Crippen LogP contribution in [0.2, 0.25) is 0 Å². The van der Waals surface area contributed by atoms with Crippen molar-refractivity contribution in [3.05, 3.63) is 34.5 Å². The molecule has 0 aliphatic heterocycles. The molecular formula is C14H13BrO3. The van der Waals surface area contributed by atoms with E-state index in [0.717, 1.165) is 28.3 Å². The first-order valence-electron chi connectivity index (χ1n) is 6.05. The van der Waals surface area contributed by atoms with Gasteiger partial charge in [-0.15, -0.1) is 0 Å². The number of fused-ring (bicyclic) bond motifs is 1. The van der Waals surface area contributed by atoms with Gasteiger partial charge in [0.05, 0.1) is 9.89 Å². The van der Waals surface area contributed by atoms with Crippen molar-refractivity contribution in [2.45, 2.75) is 31.1 Å². The molecule has 0 spiro atoms. The molecule has 0 unspecified atom stereocenters. The monoisotopic (exact) mass is 308 g/mol. The van der Waals surface area contributed by atoms with Crippen LogP contribution in [-0.2, 0) is 10.2 Å². The summed E-state index contributed by atoms with van der Waals surface area (Å²) in [5, 5.41) is 10.6. The lowest BCUT2D eigenvalue weighted by Gasteiger charge is -2.24. The Kier molecular flexibility index (Phi) is 2.70. The summed E-state index contributed by atoms with van der Waals surface area (Å²) < 4.78 is 6.43. The van der Waals surface area contributed by atoms with E-state index in [1.54, 1.807) is 6.26 Å². The molecule has 94 valence electrons. The van der Waals surface area contributed by atoms with Crippen molar-refractivity contribution in [2.75, 3.05) is 0 Å². The van der Waals surface area contributed by atoms with Crippen LogP contribution in [0.1, 0.15) is 31.2 Å². The van der Waals surface area contributed by atoms with E-state index in [4.69, 9.17) is 4.42 Å². The van der Waals surface area contributed by atoms with E-state index in [1.165, 1.54) is 0 Å². The summed E-state index contributed by atoms with van der Waals surface area (Å²) in [7, 11) is 0. The number of para-hydroxylation sites is 1. The Balaban J connectivity index is 2.27. The van der Waals surface area contributed by atoms with Crippen molar-refractivity contribution in [1.82, 2.24) is 0 Å². The average Bonchev–Trinajstić information content (AvgIpc) is 2.97. The van der Waals surface area contributed by atoms with Gasteiger partial charge in [-0.05, 0) is 34.8 Å². The van der Waals surface area contributed by atoms with Gasteiger partial charge < -0.3 is 9.52 Å². The van der Waals surface area contributed by atoms with Crippen molar-refractivity contribution >= 4 is 32.9 Å². The lowest BCUT2D eigenvalue weighted by atomic mass is 9.78. The maximum atomic E-state index is 11.7. The minimum atomic E-state index is -0.767. The molecule has 0 atom stereocenters. The van der Waals surface area contributed by atoms with Crippen LogP contribution in [0.5, 0.6) is 0 Å². The zero-order valence-corrected chi connectivity index (χ0v) is 11.4. The molecule has 1 saturated carbocycles. The number of aliphatic carboxylic acids is 1. The first-order chi connectivity index (χ1) is 8.65. The minimum absolute atomic E-state index is 0.694.